The number of oxazole rings is 1. The Morgan fingerprint density at radius 3 is 2.51 bits per heavy atom. The van der Waals surface area contributed by atoms with E-state index in [9.17, 15) is 9.59 Å². The second-order valence-electron chi connectivity index (χ2n) is 10.1. The van der Waals surface area contributed by atoms with Crippen LogP contribution in [0.5, 0.6) is 0 Å². The van der Waals surface area contributed by atoms with Gasteiger partial charge < -0.3 is 19.1 Å². The summed E-state index contributed by atoms with van der Waals surface area (Å²) < 4.78 is 6.03. The normalized spacial score (nSPS) is 19.3. The van der Waals surface area contributed by atoms with E-state index in [0.29, 0.717) is 65.6 Å². The van der Waals surface area contributed by atoms with Gasteiger partial charge in [0.1, 0.15) is 5.52 Å². The number of anilines is 2. The molecule has 9 nitrogen and oxygen atoms in total. The maximum absolute atomic E-state index is 13.2. The van der Waals surface area contributed by atoms with Crippen LogP contribution in [0.1, 0.15) is 29.6 Å². The van der Waals surface area contributed by atoms with Crippen LogP contribution in [0.15, 0.2) is 51.7 Å². The second-order valence-corrected chi connectivity index (χ2v) is 10.1. The van der Waals surface area contributed by atoms with Crippen molar-refractivity contribution >= 4 is 39.9 Å². The summed E-state index contributed by atoms with van der Waals surface area (Å²) in [6.07, 6.45) is 3.95. The number of aromatic amines is 1. The first-order valence-electron chi connectivity index (χ1n) is 12.3. The Hall–Kier alpha value is -3.88. The number of carbonyl (C=O) groups is 1. The molecule has 0 unspecified atom stereocenters. The highest BCUT2D eigenvalue weighted by Crippen LogP contribution is 2.49. The number of piperazine rings is 1. The molecule has 178 valence electrons. The maximum atomic E-state index is 13.2. The molecule has 3 fully saturated rings. The average Bonchev–Trinajstić information content (AvgIpc) is 3.25. The summed E-state index contributed by atoms with van der Waals surface area (Å²) in [6, 6.07) is 13.5. The van der Waals surface area contributed by atoms with E-state index >= 15 is 0 Å². The van der Waals surface area contributed by atoms with Crippen molar-refractivity contribution in [2.45, 2.75) is 19.3 Å². The van der Waals surface area contributed by atoms with E-state index in [2.05, 4.69) is 19.9 Å². The van der Waals surface area contributed by atoms with Crippen LogP contribution >= 0.6 is 0 Å². The molecule has 4 heterocycles. The highest BCUT2D eigenvalue weighted by Gasteiger charge is 2.48. The summed E-state index contributed by atoms with van der Waals surface area (Å²) >= 11 is 0. The first-order chi connectivity index (χ1) is 17.1. The van der Waals surface area contributed by atoms with Crippen LogP contribution < -0.4 is 15.4 Å². The molecule has 1 saturated carbocycles. The van der Waals surface area contributed by atoms with Crippen LogP contribution in [0.4, 0.5) is 12.0 Å². The quantitative estimate of drug-likeness (QED) is 0.491. The highest BCUT2D eigenvalue weighted by atomic mass is 16.4. The standard InChI is InChI=1S/C26H26N6O3/c33-22-18-4-1-2-5-19(18)27-24(29-22)31-12-10-30(11-13-31)23(34)17-6-7-20-21(14-17)35-25(28-20)32-15-26(16-32)8-3-9-26/h1-2,4-7,14H,3,8-13,15-16H2,(H,27,29,33). The number of hydrogen-bond acceptors (Lipinski definition) is 7. The van der Waals surface area contributed by atoms with Crippen LogP contribution in [0.25, 0.3) is 22.0 Å². The topological polar surface area (TPSA) is 98.6 Å². The number of nitrogens with one attached hydrogen (secondary N) is 1. The highest BCUT2D eigenvalue weighted by molar-refractivity contribution is 5.97. The number of carbonyl (C=O) groups excluding carboxylic acids is 1. The van der Waals surface area contributed by atoms with Gasteiger partial charge in [-0.25, -0.2) is 4.98 Å². The van der Waals surface area contributed by atoms with Gasteiger partial charge in [0.05, 0.1) is 10.9 Å². The van der Waals surface area contributed by atoms with E-state index < -0.39 is 0 Å². The van der Waals surface area contributed by atoms with E-state index in [-0.39, 0.29) is 11.5 Å². The molecule has 7 rings (SSSR count). The Labute approximate surface area is 201 Å². The number of amides is 1. The number of benzene rings is 2. The van der Waals surface area contributed by atoms with Gasteiger partial charge in [0.15, 0.2) is 5.58 Å². The van der Waals surface area contributed by atoms with Gasteiger partial charge in [-0.3, -0.25) is 14.6 Å². The fraction of sp³-hybridized carbons (Fsp3) is 0.385. The fourth-order valence-corrected chi connectivity index (χ4v) is 5.60. The minimum absolute atomic E-state index is 0.0261. The number of rotatable bonds is 3. The zero-order valence-electron chi connectivity index (χ0n) is 19.4. The summed E-state index contributed by atoms with van der Waals surface area (Å²) in [5, 5.41) is 0.577. The third kappa shape index (κ3) is 3.37. The number of aromatic nitrogens is 3. The summed E-state index contributed by atoms with van der Waals surface area (Å²) in [7, 11) is 0. The summed E-state index contributed by atoms with van der Waals surface area (Å²) in [5.74, 6) is 0.521. The Morgan fingerprint density at radius 1 is 0.943 bits per heavy atom. The second kappa shape index (κ2) is 7.56. The average molecular weight is 471 g/mol. The molecule has 0 atom stereocenters. The van der Waals surface area contributed by atoms with Crippen molar-refractivity contribution in [2.75, 3.05) is 49.1 Å². The lowest BCUT2D eigenvalue weighted by atomic mass is 9.64. The number of H-pyrrole nitrogens is 1. The molecule has 9 heteroatoms. The molecule has 1 spiro atoms. The van der Waals surface area contributed by atoms with Gasteiger partial charge in [0.25, 0.3) is 17.5 Å². The number of nitrogens with zero attached hydrogens (tertiary/aromatic N) is 5. The van der Waals surface area contributed by atoms with Crippen LogP contribution in [0.3, 0.4) is 0 Å². The first-order valence-corrected chi connectivity index (χ1v) is 12.3. The van der Waals surface area contributed by atoms with E-state index in [1.54, 1.807) is 6.07 Å². The van der Waals surface area contributed by atoms with Crippen molar-refractivity contribution in [3.63, 3.8) is 0 Å². The van der Waals surface area contributed by atoms with Gasteiger partial charge in [0.2, 0.25) is 5.95 Å². The molecule has 0 radical (unpaired) electrons. The maximum Gasteiger partial charge on any atom is 0.298 e. The first kappa shape index (κ1) is 20.5. The number of fused-ring (bicyclic) bond motifs is 2. The third-order valence-corrected chi connectivity index (χ3v) is 7.83. The number of para-hydroxylation sites is 1. The Bertz CT molecular complexity index is 1500. The van der Waals surface area contributed by atoms with Gasteiger partial charge in [-0.2, -0.15) is 4.98 Å². The smallest absolute Gasteiger partial charge is 0.298 e. The molecule has 1 N–H and O–H groups in total. The van der Waals surface area contributed by atoms with E-state index in [4.69, 9.17) is 4.42 Å². The fourth-order valence-electron chi connectivity index (χ4n) is 5.60. The molecule has 2 saturated heterocycles. The lowest BCUT2D eigenvalue weighted by Crippen LogP contribution is -2.60. The Morgan fingerprint density at radius 2 is 1.74 bits per heavy atom. The van der Waals surface area contributed by atoms with E-state index in [0.717, 1.165) is 18.6 Å². The molecule has 0 bridgehead atoms. The predicted molar refractivity (Wildman–Crippen MR) is 133 cm³/mol. The lowest BCUT2D eigenvalue weighted by Gasteiger charge is -2.55. The number of hydrogen-bond donors (Lipinski definition) is 1. The zero-order chi connectivity index (χ0) is 23.6. The molecular weight excluding hydrogens is 444 g/mol. The Kier molecular flexibility index (Phi) is 4.43. The van der Waals surface area contributed by atoms with Crippen LogP contribution in [0, 0.1) is 5.41 Å². The molecule has 2 aliphatic heterocycles. The largest absolute Gasteiger partial charge is 0.423 e. The lowest BCUT2D eigenvalue weighted by molar-refractivity contribution is 0.0746. The predicted octanol–water partition coefficient (Wildman–Crippen LogP) is 3.02. The Balaban J connectivity index is 1.04. The van der Waals surface area contributed by atoms with Gasteiger partial charge in [-0.15, -0.1) is 0 Å². The van der Waals surface area contributed by atoms with Crippen molar-refractivity contribution in [1.29, 1.82) is 0 Å². The molecule has 35 heavy (non-hydrogen) atoms. The molecular formula is C26H26N6O3. The van der Waals surface area contributed by atoms with Gasteiger partial charge in [0, 0.05) is 50.2 Å². The SMILES string of the molecule is O=C(c1ccc2nc(N3CC4(CCC4)C3)oc2c1)N1CCN(c2nc3ccccc3c(=O)[nH]2)CC1. The van der Waals surface area contributed by atoms with Crippen LogP contribution in [-0.2, 0) is 0 Å². The van der Waals surface area contributed by atoms with Gasteiger partial charge in [-0.1, -0.05) is 18.6 Å². The molecule has 2 aromatic carbocycles. The minimum atomic E-state index is -0.148. The third-order valence-electron chi connectivity index (χ3n) is 7.83. The van der Waals surface area contributed by atoms with Crippen LogP contribution in [-0.4, -0.2) is 65.0 Å². The molecule has 1 amide bonds. The molecule has 1 aliphatic carbocycles. The zero-order valence-corrected chi connectivity index (χ0v) is 19.4. The van der Waals surface area contributed by atoms with Gasteiger partial charge in [-0.05, 0) is 43.2 Å². The van der Waals surface area contributed by atoms with Crippen molar-refractivity contribution in [1.82, 2.24) is 19.9 Å². The molecule has 2 aromatic heterocycles. The van der Waals surface area contributed by atoms with Crippen molar-refractivity contribution < 1.29 is 9.21 Å². The van der Waals surface area contributed by atoms with Crippen molar-refractivity contribution in [3.05, 3.63) is 58.4 Å². The van der Waals surface area contributed by atoms with Crippen molar-refractivity contribution in [2.24, 2.45) is 5.41 Å². The summed E-state index contributed by atoms with van der Waals surface area (Å²) in [4.78, 5) is 43.8. The van der Waals surface area contributed by atoms with Crippen molar-refractivity contribution in [3.8, 4) is 0 Å². The molecule has 3 aliphatic rings. The van der Waals surface area contributed by atoms with Crippen LogP contribution in [0.2, 0.25) is 0 Å². The van der Waals surface area contributed by atoms with Gasteiger partial charge >= 0.3 is 0 Å². The summed E-state index contributed by atoms with van der Waals surface area (Å²) in [6.45, 7) is 4.33. The van der Waals surface area contributed by atoms with E-state index in [1.807, 2.05) is 46.2 Å². The monoisotopic (exact) mass is 470 g/mol. The molecule has 4 aromatic rings. The van der Waals surface area contributed by atoms with E-state index in [1.165, 1.54) is 19.3 Å². The summed E-state index contributed by atoms with van der Waals surface area (Å²) in [5.41, 5.74) is 3.05. The minimum Gasteiger partial charge on any atom is -0.423 e.